The Morgan fingerprint density at radius 2 is 1.94 bits per heavy atom. The molecule has 0 unspecified atom stereocenters. The number of anilines is 2. The van der Waals surface area contributed by atoms with Gasteiger partial charge in [0.25, 0.3) is 0 Å². The maximum atomic E-state index is 12.5. The Labute approximate surface area is 182 Å². The van der Waals surface area contributed by atoms with Gasteiger partial charge < -0.3 is 16.0 Å². The van der Waals surface area contributed by atoms with E-state index >= 15 is 0 Å². The van der Waals surface area contributed by atoms with E-state index in [-0.39, 0.29) is 12.2 Å². The smallest absolute Gasteiger partial charge is 0.383 e. The van der Waals surface area contributed by atoms with Crippen molar-refractivity contribution in [2.24, 2.45) is 0 Å². The standard InChI is InChI=1S/C21H21F3N8/c1-2-15(9-20(26)21(22,23)24)28-11-17-13-32(31-30-17)18-5-3-16(4-6-18)29-19-12-27-8-7-14(19)10-25/h3-10,12-13,25-26,28-29H,2,11H2,1H3/b15-9+,25-10?,26-20?. The summed E-state index contributed by atoms with van der Waals surface area (Å²) >= 11 is 0. The number of nitrogens with one attached hydrogen (secondary N) is 4. The minimum absolute atomic E-state index is 0.178. The molecule has 32 heavy (non-hydrogen) atoms. The van der Waals surface area contributed by atoms with Gasteiger partial charge in [-0.2, -0.15) is 13.2 Å². The van der Waals surface area contributed by atoms with Crippen LogP contribution in [-0.2, 0) is 6.54 Å². The van der Waals surface area contributed by atoms with Crippen molar-refractivity contribution in [1.29, 1.82) is 10.8 Å². The number of alkyl halides is 3. The Hall–Kier alpha value is -4.02. The van der Waals surface area contributed by atoms with E-state index in [1.54, 1.807) is 36.3 Å². The summed E-state index contributed by atoms with van der Waals surface area (Å²) in [4.78, 5) is 4.06. The molecule has 0 bridgehead atoms. The maximum absolute atomic E-state index is 12.5. The molecular formula is C21H21F3N8. The van der Waals surface area contributed by atoms with Crippen LogP contribution in [0, 0.1) is 10.8 Å². The van der Waals surface area contributed by atoms with Crippen LogP contribution in [0.2, 0.25) is 0 Å². The Bertz CT molecular complexity index is 1120. The first kappa shape index (κ1) is 22.7. The van der Waals surface area contributed by atoms with E-state index < -0.39 is 11.9 Å². The van der Waals surface area contributed by atoms with Gasteiger partial charge in [0, 0.05) is 29.4 Å². The third-order valence-corrected chi connectivity index (χ3v) is 4.46. The zero-order valence-electron chi connectivity index (χ0n) is 17.1. The third kappa shape index (κ3) is 5.78. The zero-order valence-corrected chi connectivity index (χ0v) is 17.1. The fourth-order valence-electron chi connectivity index (χ4n) is 2.73. The van der Waals surface area contributed by atoms with Crippen LogP contribution in [0.25, 0.3) is 5.69 Å². The van der Waals surface area contributed by atoms with Crippen LogP contribution >= 0.6 is 0 Å². The highest BCUT2D eigenvalue weighted by Crippen LogP contribution is 2.20. The SMILES string of the molecule is CC/C(=C\C(=N)C(F)(F)F)NCc1cn(-c2ccc(Nc3cnccc3C=N)cc2)nn1. The second-order valence-corrected chi connectivity index (χ2v) is 6.72. The van der Waals surface area contributed by atoms with Crippen LogP contribution in [0.15, 0.2) is 60.7 Å². The van der Waals surface area contributed by atoms with Crippen molar-refractivity contribution in [3.63, 3.8) is 0 Å². The van der Waals surface area contributed by atoms with Crippen molar-refractivity contribution in [1.82, 2.24) is 25.3 Å². The number of hydrogen-bond acceptors (Lipinski definition) is 7. The van der Waals surface area contributed by atoms with Crippen LogP contribution in [-0.4, -0.2) is 38.1 Å². The summed E-state index contributed by atoms with van der Waals surface area (Å²) in [7, 11) is 0. The summed E-state index contributed by atoms with van der Waals surface area (Å²) in [6.07, 6.45) is 2.59. The minimum atomic E-state index is -4.68. The van der Waals surface area contributed by atoms with Gasteiger partial charge in [-0.1, -0.05) is 12.1 Å². The van der Waals surface area contributed by atoms with Gasteiger partial charge in [0.1, 0.15) is 11.4 Å². The van der Waals surface area contributed by atoms with E-state index in [9.17, 15) is 13.2 Å². The molecular weight excluding hydrogens is 421 g/mol. The van der Waals surface area contributed by atoms with Crippen LogP contribution in [0.1, 0.15) is 24.6 Å². The van der Waals surface area contributed by atoms with E-state index in [2.05, 4.69) is 25.9 Å². The van der Waals surface area contributed by atoms with Crippen LogP contribution in [0.5, 0.6) is 0 Å². The van der Waals surface area contributed by atoms with Crippen molar-refractivity contribution in [3.8, 4) is 5.69 Å². The van der Waals surface area contributed by atoms with Crippen molar-refractivity contribution < 1.29 is 13.2 Å². The quantitative estimate of drug-likeness (QED) is 0.367. The Kier molecular flexibility index (Phi) is 6.98. The molecule has 4 N–H and O–H groups in total. The predicted molar refractivity (Wildman–Crippen MR) is 116 cm³/mol. The Morgan fingerprint density at radius 3 is 2.59 bits per heavy atom. The van der Waals surface area contributed by atoms with Gasteiger partial charge in [-0.15, -0.1) is 5.10 Å². The van der Waals surface area contributed by atoms with Crippen LogP contribution < -0.4 is 10.6 Å². The topological polar surface area (TPSA) is 115 Å². The molecule has 11 heteroatoms. The molecule has 8 nitrogen and oxygen atoms in total. The number of aromatic nitrogens is 4. The lowest BCUT2D eigenvalue weighted by molar-refractivity contribution is -0.0584. The summed E-state index contributed by atoms with van der Waals surface area (Å²) in [5.41, 5.74) is 2.40. The van der Waals surface area contributed by atoms with E-state index in [0.29, 0.717) is 23.4 Å². The van der Waals surface area contributed by atoms with Gasteiger partial charge in [0.2, 0.25) is 0 Å². The van der Waals surface area contributed by atoms with Crippen molar-refractivity contribution in [3.05, 3.63) is 72.0 Å². The van der Waals surface area contributed by atoms with E-state index in [0.717, 1.165) is 17.5 Å². The lowest BCUT2D eigenvalue weighted by Crippen LogP contribution is -2.22. The zero-order chi connectivity index (χ0) is 23.1. The largest absolute Gasteiger partial charge is 0.432 e. The van der Waals surface area contributed by atoms with Gasteiger partial charge in [-0.25, -0.2) is 4.68 Å². The maximum Gasteiger partial charge on any atom is 0.432 e. The molecule has 3 aromatic rings. The Balaban J connectivity index is 1.64. The molecule has 3 rings (SSSR count). The first-order valence-electron chi connectivity index (χ1n) is 9.63. The van der Waals surface area contributed by atoms with Crippen molar-refractivity contribution in [2.75, 3.05) is 5.32 Å². The molecule has 0 aliphatic carbocycles. The highest BCUT2D eigenvalue weighted by Gasteiger charge is 2.32. The summed E-state index contributed by atoms with van der Waals surface area (Å²) < 4.78 is 39.2. The van der Waals surface area contributed by atoms with Gasteiger partial charge in [-0.05, 0) is 42.8 Å². The summed E-state index contributed by atoms with van der Waals surface area (Å²) in [5, 5.41) is 28.7. The fourth-order valence-corrected chi connectivity index (χ4v) is 2.73. The molecule has 0 amide bonds. The molecule has 2 heterocycles. The van der Waals surface area contributed by atoms with Gasteiger partial charge in [0.15, 0.2) is 0 Å². The number of benzene rings is 1. The molecule has 0 fully saturated rings. The van der Waals surface area contributed by atoms with Gasteiger partial charge >= 0.3 is 6.18 Å². The normalized spacial score (nSPS) is 11.8. The number of pyridine rings is 1. The second-order valence-electron chi connectivity index (χ2n) is 6.72. The lowest BCUT2D eigenvalue weighted by atomic mass is 10.2. The van der Waals surface area contributed by atoms with Crippen LogP contribution in [0.4, 0.5) is 24.5 Å². The third-order valence-electron chi connectivity index (χ3n) is 4.46. The Morgan fingerprint density at radius 1 is 1.19 bits per heavy atom. The average Bonchev–Trinajstić information content (AvgIpc) is 3.25. The first-order chi connectivity index (χ1) is 15.3. The average molecular weight is 442 g/mol. The summed E-state index contributed by atoms with van der Waals surface area (Å²) in [6, 6.07) is 9.08. The molecule has 2 aromatic heterocycles. The molecule has 0 aliphatic rings. The lowest BCUT2D eigenvalue weighted by Gasteiger charge is -2.10. The highest BCUT2D eigenvalue weighted by atomic mass is 19.4. The molecule has 0 saturated heterocycles. The highest BCUT2D eigenvalue weighted by molar-refractivity contribution is 5.97. The molecule has 0 saturated carbocycles. The van der Waals surface area contributed by atoms with Crippen LogP contribution in [0.3, 0.4) is 0 Å². The second kappa shape index (κ2) is 9.86. The molecule has 166 valence electrons. The monoisotopic (exact) mass is 442 g/mol. The summed E-state index contributed by atoms with van der Waals surface area (Å²) in [6.45, 7) is 1.88. The first-order valence-corrected chi connectivity index (χ1v) is 9.63. The molecule has 0 aliphatic heterocycles. The molecule has 1 aromatic carbocycles. The van der Waals surface area contributed by atoms with Gasteiger partial charge in [0.05, 0.1) is 30.3 Å². The van der Waals surface area contributed by atoms with Crippen molar-refractivity contribution in [2.45, 2.75) is 26.1 Å². The molecule has 0 spiro atoms. The molecule has 0 radical (unpaired) electrons. The van der Waals surface area contributed by atoms with E-state index in [4.69, 9.17) is 10.8 Å². The number of allylic oxidation sites excluding steroid dienone is 2. The minimum Gasteiger partial charge on any atom is -0.383 e. The fraction of sp³-hybridized carbons (Fsp3) is 0.190. The molecule has 0 atom stereocenters. The van der Waals surface area contributed by atoms with E-state index in [1.165, 1.54) is 6.21 Å². The number of nitrogens with zero attached hydrogens (tertiary/aromatic N) is 4. The van der Waals surface area contributed by atoms with Gasteiger partial charge in [-0.3, -0.25) is 10.4 Å². The van der Waals surface area contributed by atoms with Crippen molar-refractivity contribution >= 4 is 23.3 Å². The number of rotatable bonds is 9. The number of halogens is 3. The number of hydrogen-bond donors (Lipinski definition) is 4. The van der Waals surface area contributed by atoms with E-state index in [1.807, 2.05) is 24.3 Å². The summed E-state index contributed by atoms with van der Waals surface area (Å²) in [5.74, 6) is 0. The predicted octanol–water partition coefficient (Wildman–Crippen LogP) is 4.37.